The maximum Gasteiger partial charge on any atom is 0.126 e. The van der Waals surface area contributed by atoms with Crippen molar-refractivity contribution in [3.63, 3.8) is 0 Å². The van der Waals surface area contributed by atoms with Crippen LogP contribution in [-0.2, 0) is 6.42 Å². The van der Waals surface area contributed by atoms with E-state index in [-0.39, 0.29) is 17.8 Å². The van der Waals surface area contributed by atoms with E-state index in [1.54, 1.807) is 0 Å². The maximum absolute atomic E-state index is 10.0. The molecule has 0 fully saturated rings. The normalized spacial score (nSPS) is 20.4. The van der Waals surface area contributed by atoms with Crippen LogP contribution in [0.1, 0.15) is 17.5 Å². The molecule has 11 nitrogen and oxygen atoms in total. The van der Waals surface area contributed by atoms with Gasteiger partial charge in [-0.15, -0.1) is 0 Å². The molecule has 9 N–H and O–H groups in total. The summed E-state index contributed by atoms with van der Waals surface area (Å²) in [5.74, 6) is 0. The van der Waals surface area contributed by atoms with Gasteiger partial charge in [-0.3, -0.25) is 9.97 Å². The Hall–Kier alpha value is -1.28. The molecule has 144 valence electrons. The maximum atomic E-state index is 10.0. The molecule has 0 spiro atoms. The van der Waals surface area contributed by atoms with Gasteiger partial charge in [-0.25, -0.2) is 0 Å². The molecule has 0 saturated carbocycles. The van der Waals surface area contributed by atoms with Crippen molar-refractivity contribution in [2.45, 2.75) is 49.1 Å². The second kappa shape index (κ2) is 10.0. The summed E-state index contributed by atoms with van der Waals surface area (Å²) in [5.41, 5.74) is -0.0868. The first-order valence-corrected chi connectivity index (χ1v) is 7.51. The van der Waals surface area contributed by atoms with Crippen molar-refractivity contribution in [3.05, 3.63) is 23.8 Å². The number of aromatic nitrogens is 2. The summed E-state index contributed by atoms with van der Waals surface area (Å²) in [6.07, 6.45) is -9.74. The average Bonchev–Trinajstić information content (AvgIpc) is 2.64. The van der Waals surface area contributed by atoms with Crippen molar-refractivity contribution in [1.29, 1.82) is 0 Å². The van der Waals surface area contributed by atoms with Crippen LogP contribution < -0.4 is 0 Å². The second-order valence-corrected chi connectivity index (χ2v) is 5.62. The minimum Gasteiger partial charge on any atom is -0.394 e. The SMILES string of the molecule is OC[C@@H](O)[C@H](O)[C@H](O)Cc1cncc([C@H](O)[C@@H](O)[C@@H](O)[C@H](O)CO)n1. The Morgan fingerprint density at radius 1 is 0.720 bits per heavy atom. The highest BCUT2D eigenvalue weighted by Gasteiger charge is 2.32. The van der Waals surface area contributed by atoms with Crippen LogP contribution in [0.3, 0.4) is 0 Å². The van der Waals surface area contributed by atoms with E-state index in [0.717, 1.165) is 6.20 Å². The minimum absolute atomic E-state index is 0.0950. The van der Waals surface area contributed by atoms with Crippen LogP contribution in [0, 0.1) is 0 Å². The summed E-state index contributed by atoms with van der Waals surface area (Å²) in [7, 11) is 0. The smallest absolute Gasteiger partial charge is 0.126 e. The van der Waals surface area contributed by atoms with Crippen LogP contribution in [0.15, 0.2) is 12.4 Å². The van der Waals surface area contributed by atoms with Crippen molar-refractivity contribution in [2.24, 2.45) is 0 Å². The number of hydrogen-bond acceptors (Lipinski definition) is 11. The van der Waals surface area contributed by atoms with Gasteiger partial charge in [-0.2, -0.15) is 0 Å². The van der Waals surface area contributed by atoms with E-state index in [0.29, 0.717) is 0 Å². The fourth-order valence-corrected chi connectivity index (χ4v) is 2.06. The average molecular weight is 364 g/mol. The van der Waals surface area contributed by atoms with Gasteiger partial charge in [-0.05, 0) is 0 Å². The van der Waals surface area contributed by atoms with E-state index in [2.05, 4.69) is 9.97 Å². The second-order valence-electron chi connectivity index (χ2n) is 5.62. The summed E-state index contributed by atoms with van der Waals surface area (Å²) >= 11 is 0. The molecule has 0 saturated heterocycles. The monoisotopic (exact) mass is 364 g/mol. The molecule has 0 bridgehead atoms. The number of hydrogen-bond donors (Lipinski definition) is 9. The Morgan fingerprint density at radius 3 is 1.84 bits per heavy atom. The Kier molecular flexibility index (Phi) is 8.71. The van der Waals surface area contributed by atoms with Crippen LogP contribution in [0.5, 0.6) is 0 Å². The van der Waals surface area contributed by atoms with E-state index in [4.69, 9.17) is 10.2 Å². The lowest BCUT2D eigenvalue weighted by Gasteiger charge is -2.25. The first-order valence-electron chi connectivity index (χ1n) is 7.51. The van der Waals surface area contributed by atoms with E-state index in [1.807, 2.05) is 0 Å². The third-order valence-electron chi connectivity index (χ3n) is 3.65. The van der Waals surface area contributed by atoms with Gasteiger partial charge in [0, 0.05) is 12.6 Å². The topological polar surface area (TPSA) is 208 Å². The van der Waals surface area contributed by atoms with Crippen molar-refractivity contribution < 1.29 is 46.0 Å². The summed E-state index contributed by atoms with van der Waals surface area (Å²) in [6.45, 7) is -1.58. The van der Waals surface area contributed by atoms with Crippen molar-refractivity contribution in [1.82, 2.24) is 9.97 Å². The first-order chi connectivity index (χ1) is 11.7. The van der Waals surface area contributed by atoms with Crippen LogP contribution in [-0.4, -0.2) is 106 Å². The van der Waals surface area contributed by atoms with Gasteiger partial charge in [0.05, 0.1) is 36.9 Å². The molecule has 1 heterocycles. The van der Waals surface area contributed by atoms with Gasteiger partial charge >= 0.3 is 0 Å². The van der Waals surface area contributed by atoms with Gasteiger partial charge < -0.3 is 46.0 Å². The van der Waals surface area contributed by atoms with Gasteiger partial charge in [0.25, 0.3) is 0 Å². The lowest BCUT2D eigenvalue weighted by molar-refractivity contribution is -0.117. The van der Waals surface area contributed by atoms with E-state index >= 15 is 0 Å². The molecule has 1 aromatic heterocycles. The first kappa shape index (κ1) is 21.8. The quantitative estimate of drug-likeness (QED) is 0.192. The molecule has 0 aromatic carbocycles. The standard InChI is InChI=1S/C14H24N2O9/c17-4-9(20)12(23)8(19)1-6-2-15-3-7(16-6)11(22)14(25)13(24)10(21)5-18/h2-3,8-14,17-25H,1,4-5H2/t8-,9-,10-,11+,12-,13+,14-/m1/s1. The summed E-state index contributed by atoms with van der Waals surface area (Å²) in [4.78, 5) is 7.68. The predicted octanol–water partition coefficient (Wildman–Crippen LogP) is -4.80. The molecular formula is C14H24N2O9. The Morgan fingerprint density at radius 2 is 1.28 bits per heavy atom. The molecule has 0 aliphatic carbocycles. The molecule has 1 aromatic rings. The lowest BCUT2D eigenvalue weighted by atomic mass is 10.0. The Labute approximate surface area is 143 Å². The number of rotatable bonds is 10. The van der Waals surface area contributed by atoms with Gasteiger partial charge in [-0.1, -0.05) is 0 Å². The number of nitrogens with zero attached hydrogens (tertiary/aromatic N) is 2. The highest BCUT2D eigenvalue weighted by molar-refractivity contribution is 5.09. The van der Waals surface area contributed by atoms with E-state index in [1.165, 1.54) is 6.20 Å². The summed E-state index contributed by atoms with van der Waals surface area (Å²) in [6, 6.07) is 0. The zero-order valence-electron chi connectivity index (χ0n) is 13.2. The zero-order chi connectivity index (χ0) is 19.1. The van der Waals surface area contributed by atoms with Crippen LogP contribution in [0.4, 0.5) is 0 Å². The third kappa shape index (κ3) is 5.88. The minimum atomic E-state index is -1.86. The van der Waals surface area contributed by atoms with Crippen molar-refractivity contribution in [2.75, 3.05) is 13.2 Å². The number of aliphatic hydroxyl groups excluding tert-OH is 9. The van der Waals surface area contributed by atoms with Crippen LogP contribution >= 0.6 is 0 Å². The molecule has 7 atom stereocenters. The molecule has 0 aliphatic rings. The third-order valence-corrected chi connectivity index (χ3v) is 3.65. The number of aliphatic hydroxyl groups is 9. The van der Waals surface area contributed by atoms with E-state index in [9.17, 15) is 35.7 Å². The molecule has 0 aliphatic heterocycles. The fourth-order valence-electron chi connectivity index (χ4n) is 2.06. The van der Waals surface area contributed by atoms with Gasteiger partial charge in [0.15, 0.2) is 0 Å². The summed E-state index contributed by atoms with van der Waals surface area (Å²) < 4.78 is 0. The highest BCUT2D eigenvalue weighted by Crippen LogP contribution is 2.19. The molecule has 0 amide bonds. The largest absolute Gasteiger partial charge is 0.394 e. The highest BCUT2D eigenvalue weighted by atomic mass is 16.4. The van der Waals surface area contributed by atoms with Crippen molar-refractivity contribution >= 4 is 0 Å². The lowest BCUT2D eigenvalue weighted by Crippen LogP contribution is -2.43. The fraction of sp³-hybridized carbons (Fsp3) is 0.714. The van der Waals surface area contributed by atoms with Gasteiger partial charge in [0.1, 0.15) is 36.6 Å². The Balaban J connectivity index is 2.83. The Bertz CT molecular complexity index is 521. The van der Waals surface area contributed by atoms with Gasteiger partial charge in [0.2, 0.25) is 0 Å². The molecule has 11 heteroatoms. The molecule has 25 heavy (non-hydrogen) atoms. The predicted molar refractivity (Wildman–Crippen MR) is 80.9 cm³/mol. The molecule has 0 radical (unpaired) electrons. The molecular weight excluding hydrogens is 340 g/mol. The molecule has 1 rings (SSSR count). The van der Waals surface area contributed by atoms with Crippen LogP contribution in [0.25, 0.3) is 0 Å². The zero-order valence-corrected chi connectivity index (χ0v) is 13.2. The van der Waals surface area contributed by atoms with Crippen LogP contribution in [0.2, 0.25) is 0 Å². The summed E-state index contributed by atoms with van der Waals surface area (Å²) in [5, 5.41) is 84.9. The van der Waals surface area contributed by atoms with E-state index < -0.39 is 55.9 Å². The molecule has 0 unspecified atom stereocenters. The van der Waals surface area contributed by atoms with Crippen molar-refractivity contribution in [3.8, 4) is 0 Å².